The zero-order valence-corrected chi connectivity index (χ0v) is 16.9. The van der Waals surface area contributed by atoms with Gasteiger partial charge >= 0.3 is 6.18 Å². The van der Waals surface area contributed by atoms with Crippen LogP contribution in [0.3, 0.4) is 0 Å². The SMILES string of the molecule is O=C(NCc1ccc(C(F)(F)F)cc1)c1cccc(N2NC(=O)C3CC=CCC3C2=O)c1. The Labute approximate surface area is 182 Å². The van der Waals surface area contributed by atoms with E-state index in [1.54, 1.807) is 18.2 Å². The van der Waals surface area contributed by atoms with Crippen molar-refractivity contribution < 1.29 is 27.6 Å². The van der Waals surface area contributed by atoms with Crippen LogP contribution in [0.25, 0.3) is 0 Å². The number of nitrogens with one attached hydrogen (secondary N) is 2. The van der Waals surface area contributed by atoms with Crippen molar-refractivity contribution in [1.82, 2.24) is 10.7 Å². The lowest BCUT2D eigenvalue weighted by Gasteiger charge is -2.38. The average molecular weight is 443 g/mol. The topological polar surface area (TPSA) is 78.5 Å². The highest BCUT2D eigenvalue weighted by Crippen LogP contribution is 2.32. The summed E-state index contributed by atoms with van der Waals surface area (Å²) in [6, 6.07) is 10.8. The third kappa shape index (κ3) is 4.37. The van der Waals surface area contributed by atoms with Crippen LogP contribution in [0.1, 0.15) is 34.3 Å². The molecule has 1 saturated heterocycles. The van der Waals surface area contributed by atoms with Gasteiger partial charge in [-0.25, -0.2) is 5.01 Å². The number of hydrazine groups is 1. The van der Waals surface area contributed by atoms with Gasteiger partial charge in [0.2, 0.25) is 11.8 Å². The standard InChI is InChI=1S/C23H20F3N3O3/c24-23(25,26)16-10-8-14(9-11-16)13-27-20(30)15-4-3-5-17(12-15)29-22(32)19-7-2-1-6-18(19)21(31)28-29/h1-5,8-12,18-19H,6-7,13H2,(H,27,30)(H,28,31). The molecule has 0 radical (unpaired) electrons. The fourth-order valence-corrected chi connectivity index (χ4v) is 3.86. The molecule has 2 unspecified atom stereocenters. The number of carbonyl (C=O) groups excluding carboxylic acids is 3. The summed E-state index contributed by atoms with van der Waals surface area (Å²) in [5, 5.41) is 3.82. The molecule has 2 aliphatic rings. The predicted molar refractivity (Wildman–Crippen MR) is 110 cm³/mol. The number of benzene rings is 2. The fraction of sp³-hybridized carbons (Fsp3) is 0.261. The molecule has 0 aromatic heterocycles. The van der Waals surface area contributed by atoms with E-state index < -0.39 is 23.6 Å². The van der Waals surface area contributed by atoms with Crippen molar-refractivity contribution in [3.8, 4) is 0 Å². The van der Waals surface area contributed by atoms with Crippen molar-refractivity contribution in [2.45, 2.75) is 25.6 Å². The lowest BCUT2D eigenvalue weighted by atomic mass is 9.80. The zero-order valence-electron chi connectivity index (χ0n) is 16.9. The molecule has 0 saturated carbocycles. The van der Waals surface area contributed by atoms with Crippen LogP contribution in [0.4, 0.5) is 18.9 Å². The number of alkyl halides is 3. The minimum atomic E-state index is -4.42. The Morgan fingerprint density at radius 2 is 1.72 bits per heavy atom. The highest BCUT2D eigenvalue weighted by Gasteiger charge is 2.42. The van der Waals surface area contributed by atoms with Crippen LogP contribution < -0.4 is 15.8 Å². The average Bonchev–Trinajstić information content (AvgIpc) is 2.79. The number of carbonyl (C=O) groups is 3. The van der Waals surface area contributed by atoms with Gasteiger partial charge in [0.05, 0.1) is 23.1 Å². The van der Waals surface area contributed by atoms with E-state index in [0.29, 0.717) is 24.1 Å². The predicted octanol–water partition coefficient (Wildman–Crippen LogP) is 3.60. The summed E-state index contributed by atoms with van der Waals surface area (Å²) in [6.45, 7) is 0.0384. The zero-order chi connectivity index (χ0) is 22.9. The normalized spacial score (nSPS) is 20.5. The van der Waals surface area contributed by atoms with Crippen molar-refractivity contribution >= 4 is 23.4 Å². The van der Waals surface area contributed by atoms with Gasteiger partial charge in [-0.3, -0.25) is 19.8 Å². The van der Waals surface area contributed by atoms with Gasteiger partial charge in [0.25, 0.3) is 5.91 Å². The Bertz CT molecular complexity index is 1080. The molecule has 1 aliphatic heterocycles. The monoisotopic (exact) mass is 443 g/mol. The Morgan fingerprint density at radius 3 is 2.41 bits per heavy atom. The number of rotatable bonds is 4. The summed E-state index contributed by atoms with van der Waals surface area (Å²) >= 11 is 0. The molecule has 9 heteroatoms. The first-order valence-electron chi connectivity index (χ1n) is 10.1. The fourth-order valence-electron chi connectivity index (χ4n) is 3.86. The second-order valence-corrected chi connectivity index (χ2v) is 7.73. The van der Waals surface area contributed by atoms with Gasteiger partial charge in [0, 0.05) is 12.1 Å². The first-order chi connectivity index (χ1) is 15.2. The smallest absolute Gasteiger partial charge is 0.348 e. The van der Waals surface area contributed by atoms with Crippen LogP contribution in [0.2, 0.25) is 0 Å². The molecular formula is C23H20F3N3O3. The summed E-state index contributed by atoms with van der Waals surface area (Å²) < 4.78 is 38.0. The molecule has 6 nitrogen and oxygen atoms in total. The van der Waals surface area contributed by atoms with E-state index in [2.05, 4.69) is 10.7 Å². The molecular weight excluding hydrogens is 423 g/mol. The molecule has 2 aromatic rings. The maximum Gasteiger partial charge on any atom is 0.416 e. The number of fused-ring (bicyclic) bond motifs is 1. The largest absolute Gasteiger partial charge is 0.416 e. The first-order valence-corrected chi connectivity index (χ1v) is 10.1. The molecule has 0 bridgehead atoms. The van der Waals surface area contributed by atoms with E-state index in [1.807, 2.05) is 12.2 Å². The quantitative estimate of drug-likeness (QED) is 0.709. The number of nitrogens with zero attached hydrogens (tertiary/aromatic N) is 1. The minimum Gasteiger partial charge on any atom is -0.348 e. The van der Waals surface area contributed by atoms with E-state index >= 15 is 0 Å². The van der Waals surface area contributed by atoms with Crippen LogP contribution in [0, 0.1) is 11.8 Å². The minimum absolute atomic E-state index is 0.0384. The number of hydrogen-bond donors (Lipinski definition) is 2. The number of anilines is 1. The summed E-state index contributed by atoms with van der Waals surface area (Å²) in [5.41, 5.74) is 2.97. The third-order valence-corrected chi connectivity index (χ3v) is 5.63. The third-order valence-electron chi connectivity index (χ3n) is 5.63. The summed E-state index contributed by atoms with van der Waals surface area (Å²) in [7, 11) is 0. The van der Waals surface area contributed by atoms with Gasteiger partial charge < -0.3 is 5.32 Å². The second kappa shape index (κ2) is 8.49. The van der Waals surface area contributed by atoms with E-state index in [9.17, 15) is 27.6 Å². The van der Waals surface area contributed by atoms with Gasteiger partial charge in [-0.15, -0.1) is 0 Å². The van der Waals surface area contributed by atoms with Gasteiger partial charge in [0.1, 0.15) is 0 Å². The van der Waals surface area contributed by atoms with Crippen LogP contribution >= 0.6 is 0 Å². The lowest BCUT2D eigenvalue weighted by molar-refractivity contribution is -0.140. The van der Waals surface area contributed by atoms with Crippen molar-refractivity contribution in [1.29, 1.82) is 0 Å². The first kappa shape index (κ1) is 21.6. The van der Waals surface area contributed by atoms with Crippen molar-refractivity contribution in [2.75, 3.05) is 5.01 Å². The number of allylic oxidation sites excluding steroid dienone is 2. The molecule has 1 fully saturated rings. The number of hydrogen-bond acceptors (Lipinski definition) is 3. The molecule has 1 aliphatic carbocycles. The van der Waals surface area contributed by atoms with Crippen molar-refractivity contribution in [3.63, 3.8) is 0 Å². The molecule has 0 spiro atoms. The molecule has 166 valence electrons. The van der Waals surface area contributed by atoms with Crippen molar-refractivity contribution in [2.24, 2.45) is 11.8 Å². The Hall–Kier alpha value is -3.62. The van der Waals surface area contributed by atoms with Crippen LogP contribution in [-0.2, 0) is 22.3 Å². The molecule has 1 heterocycles. The van der Waals surface area contributed by atoms with E-state index in [4.69, 9.17) is 0 Å². The molecule has 3 amide bonds. The van der Waals surface area contributed by atoms with Gasteiger partial charge in [-0.1, -0.05) is 30.4 Å². The Morgan fingerprint density at radius 1 is 1.03 bits per heavy atom. The van der Waals surface area contributed by atoms with E-state index in [-0.39, 0.29) is 29.8 Å². The highest BCUT2D eigenvalue weighted by molar-refractivity contribution is 6.05. The van der Waals surface area contributed by atoms with E-state index in [0.717, 1.165) is 12.1 Å². The van der Waals surface area contributed by atoms with Crippen LogP contribution in [-0.4, -0.2) is 17.7 Å². The van der Waals surface area contributed by atoms with Gasteiger partial charge in [-0.2, -0.15) is 13.2 Å². The van der Waals surface area contributed by atoms with Gasteiger partial charge in [0.15, 0.2) is 0 Å². The lowest BCUT2D eigenvalue weighted by Crippen LogP contribution is -2.59. The number of halogens is 3. The number of amides is 3. The molecule has 2 N–H and O–H groups in total. The summed E-state index contributed by atoms with van der Waals surface area (Å²) in [4.78, 5) is 37.9. The highest BCUT2D eigenvalue weighted by atomic mass is 19.4. The molecule has 2 atom stereocenters. The maximum atomic E-state index is 12.9. The molecule has 4 rings (SSSR count). The Kier molecular flexibility index (Phi) is 5.73. The maximum absolute atomic E-state index is 12.9. The Balaban J connectivity index is 1.44. The van der Waals surface area contributed by atoms with Crippen molar-refractivity contribution in [3.05, 3.63) is 77.4 Å². The molecule has 32 heavy (non-hydrogen) atoms. The second-order valence-electron chi connectivity index (χ2n) is 7.73. The van der Waals surface area contributed by atoms with Gasteiger partial charge in [-0.05, 0) is 48.7 Å². The molecule has 2 aromatic carbocycles. The van der Waals surface area contributed by atoms with Crippen LogP contribution in [0.15, 0.2) is 60.7 Å². The van der Waals surface area contributed by atoms with Crippen LogP contribution in [0.5, 0.6) is 0 Å². The summed E-state index contributed by atoms with van der Waals surface area (Å²) in [6.07, 6.45) is 0.368. The van der Waals surface area contributed by atoms with E-state index in [1.165, 1.54) is 23.2 Å². The summed E-state index contributed by atoms with van der Waals surface area (Å²) in [5.74, 6) is -1.76.